The van der Waals surface area contributed by atoms with Gasteiger partial charge >= 0.3 is 6.18 Å². The SMILES string of the molecule is Fc1ccccc1/[C]=N\OCC(F)(F)F. The third-order valence-electron chi connectivity index (χ3n) is 1.33. The van der Waals surface area contributed by atoms with Crippen molar-refractivity contribution in [2.45, 2.75) is 6.18 Å². The maximum Gasteiger partial charge on any atom is 0.425 e. The highest BCUT2D eigenvalue weighted by molar-refractivity contribution is 5.79. The molecule has 0 bridgehead atoms. The molecule has 0 fully saturated rings. The predicted octanol–water partition coefficient (Wildman–Crippen LogP) is 2.62. The smallest absolute Gasteiger partial charge is 0.386 e. The molecule has 81 valence electrons. The number of rotatable bonds is 3. The van der Waals surface area contributed by atoms with Crippen molar-refractivity contribution < 1.29 is 22.4 Å². The van der Waals surface area contributed by atoms with Crippen LogP contribution in [0.4, 0.5) is 17.6 Å². The van der Waals surface area contributed by atoms with E-state index in [4.69, 9.17) is 0 Å². The van der Waals surface area contributed by atoms with Crippen molar-refractivity contribution in [3.05, 3.63) is 35.6 Å². The maximum absolute atomic E-state index is 12.9. The van der Waals surface area contributed by atoms with Gasteiger partial charge < -0.3 is 4.84 Å². The number of alkyl halides is 3. The Morgan fingerprint density at radius 1 is 1.27 bits per heavy atom. The van der Waals surface area contributed by atoms with Crippen molar-refractivity contribution in [3.8, 4) is 0 Å². The number of hydrogen-bond acceptors (Lipinski definition) is 2. The third-order valence-corrected chi connectivity index (χ3v) is 1.33. The van der Waals surface area contributed by atoms with E-state index in [0.29, 0.717) is 0 Å². The summed E-state index contributed by atoms with van der Waals surface area (Å²) in [6.07, 6.45) is -2.44. The van der Waals surface area contributed by atoms with Crippen molar-refractivity contribution in [2.24, 2.45) is 5.16 Å². The summed E-state index contributed by atoms with van der Waals surface area (Å²) < 4.78 is 47.6. The lowest BCUT2D eigenvalue weighted by molar-refractivity contribution is -0.173. The highest BCUT2D eigenvalue weighted by Gasteiger charge is 2.28. The maximum atomic E-state index is 12.9. The van der Waals surface area contributed by atoms with Gasteiger partial charge in [-0.05, 0) is 12.1 Å². The molecule has 0 aromatic heterocycles. The summed E-state index contributed by atoms with van der Waals surface area (Å²) in [5.74, 6) is -0.628. The van der Waals surface area contributed by atoms with Crippen molar-refractivity contribution in [1.82, 2.24) is 0 Å². The van der Waals surface area contributed by atoms with Gasteiger partial charge in [0.1, 0.15) is 12.0 Å². The second-order valence-electron chi connectivity index (χ2n) is 2.57. The van der Waals surface area contributed by atoms with Gasteiger partial charge in [0.25, 0.3) is 0 Å². The molecule has 0 N–H and O–H groups in total. The Kier molecular flexibility index (Phi) is 3.65. The van der Waals surface area contributed by atoms with Crippen LogP contribution in [0.15, 0.2) is 29.4 Å². The van der Waals surface area contributed by atoms with Crippen LogP contribution in [0.25, 0.3) is 0 Å². The van der Waals surface area contributed by atoms with Crippen LogP contribution in [0, 0.1) is 5.82 Å². The Morgan fingerprint density at radius 2 is 1.93 bits per heavy atom. The van der Waals surface area contributed by atoms with Crippen molar-refractivity contribution >= 4 is 6.21 Å². The Morgan fingerprint density at radius 3 is 2.53 bits per heavy atom. The molecule has 1 radical (unpaired) electrons. The van der Waals surface area contributed by atoms with Crippen molar-refractivity contribution in [1.29, 1.82) is 0 Å². The molecule has 0 heterocycles. The molecule has 0 spiro atoms. The fraction of sp³-hybridized carbons (Fsp3) is 0.222. The Hall–Kier alpha value is -1.59. The summed E-state index contributed by atoms with van der Waals surface area (Å²) in [6, 6.07) is 5.40. The molecule has 1 aromatic rings. The van der Waals surface area contributed by atoms with Crippen LogP contribution in [0.2, 0.25) is 0 Å². The van der Waals surface area contributed by atoms with E-state index >= 15 is 0 Å². The molecular weight excluding hydrogens is 214 g/mol. The minimum absolute atomic E-state index is 0.0559. The van der Waals surface area contributed by atoms with Gasteiger partial charge in [0.2, 0.25) is 6.61 Å². The van der Waals surface area contributed by atoms with E-state index in [1.807, 2.05) is 6.21 Å². The number of halogens is 4. The van der Waals surface area contributed by atoms with Crippen LogP contribution in [0.3, 0.4) is 0 Å². The molecule has 0 atom stereocenters. The number of benzene rings is 1. The standard InChI is InChI=1S/C9H6F4NO/c10-8-4-2-1-3-7(8)5-14-15-6-9(11,12)13/h1-4H,6H2. The lowest BCUT2D eigenvalue weighted by atomic mass is 10.2. The molecule has 0 saturated heterocycles. The van der Waals surface area contributed by atoms with Crippen molar-refractivity contribution in [2.75, 3.05) is 6.61 Å². The first kappa shape index (κ1) is 11.5. The highest BCUT2D eigenvalue weighted by atomic mass is 19.4. The topological polar surface area (TPSA) is 21.6 Å². The Bertz CT molecular complexity index is 348. The van der Waals surface area contributed by atoms with Gasteiger partial charge in [-0.2, -0.15) is 13.2 Å². The molecule has 0 aliphatic rings. The number of hydrogen-bond donors (Lipinski definition) is 0. The zero-order valence-corrected chi connectivity index (χ0v) is 7.38. The normalized spacial score (nSPS) is 12.0. The minimum atomic E-state index is -4.46. The molecule has 0 amide bonds. The van der Waals surface area contributed by atoms with Gasteiger partial charge in [0, 0.05) is 5.56 Å². The lowest BCUT2D eigenvalue weighted by Gasteiger charge is -2.02. The zero-order chi connectivity index (χ0) is 11.3. The van der Waals surface area contributed by atoms with Crippen molar-refractivity contribution in [3.63, 3.8) is 0 Å². The molecule has 0 aliphatic heterocycles. The van der Waals surface area contributed by atoms with Gasteiger partial charge in [0.15, 0.2) is 0 Å². The summed E-state index contributed by atoms with van der Waals surface area (Å²) in [7, 11) is 0. The van der Waals surface area contributed by atoms with Gasteiger partial charge in [0.05, 0.1) is 0 Å². The summed E-state index contributed by atoms with van der Waals surface area (Å²) in [5, 5.41) is 2.88. The van der Waals surface area contributed by atoms with Gasteiger partial charge in [-0.1, -0.05) is 17.3 Å². The van der Waals surface area contributed by atoms with E-state index in [1.165, 1.54) is 18.2 Å². The molecule has 0 aliphatic carbocycles. The lowest BCUT2D eigenvalue weighted by Crippen LogP contribution is -2.14. The molecule has 0 saturated carbocycles. The van der Waals surface area contributed by atoms with Crippen LogP contribution in [0.1, 0.15) is 5.56 Å². The average molecular weight is 220 g/mol. The summed E-state index contributed by atoms with van der Waals surface area (Å²) in [5.41, 5.74) is -0.0559. The Balaban J connectivity index is 2.49. The van der Waals surface area contributed by atoms with Crippen LogP contribution in [-0.4, -0.2) is 19.0 Å². The second kappa shape index (κ2) is 4.77. The first-order valence-electron chi connectivity index (χ1n) is 3.88. The fourth-order valence-corrected chi connectivity index (χ4v) is 0.739. The molecule has 1 rings (SSSR count). The monoisotopic (exact) mass is 220 g/mol. The van der Waals surface area contributed by atoms with Crippen LogP contribution in [-0.2, 0) is 4.84 Å². The summed E-state index contributed by atoms with van der Waals surface area (Å²) in [6.45, 7) is -1.52. The van der Waals surface area contributed by atoms with E-state index in [0.717, 1.165) is 6.07 Å². The molecule has 0 unspecified atom stereocenters. The predicted molar refractivity (Wildman–Crippen MR) is 44.9 cm³/mol. The van der Waals surface area contributed by atoms with Crippen LogP contribution in [0.5, 0.6) is 0 Å². The highest BCUT2D eigenvalue weighted by Crippen LogP contribution is 2.14. The van der Waals surface area contributed by atoms with Crippen LogP contribution >= 0.6 is 0 Å². The number of nitrogens with zero attached hydrogens (tertiary/aromatic N) is 1. The molecule has 2 nitrogen and oxygen atoms in total. The summed E-state index contributed by atoms with van der Waals surface area (Å²) in [4.78, 5) is 3.88. The van der Waals surface area contributed by atoms with E-state index in [1.54, 1.807) is 0 Å². The van der Waals surface area contributed by atoms with Gasteiger partial charge in [-0.25, -0.2) is 4.39 Å². The second-order valence-corrected chi connectivity index (χ2v) is 2.57. The summed E-state index contributed by atoms with van der Waals surface area (Å²) >= 11 is 0. The minimum Gasteiger partial charge on any atom is -0.386 e. The fourth-order valence-electron chi connectivity index (χ4n) is 0.739. The Labute approximate surface area is 83.2 Å². The molecule has 1 aromatic carbocycles. The van der Waals surface area contributed by atoms with Gasteiger partial charge in [-0.15, -0.1) is 0 Å². The molecule has 15 heavy (non-hydrogen) atoms. The van der Waals surface area contributed by atoms with E-state index in [9.17, 15) is 17.6 Å². The zero-order valence-electron chi connectivity index (χ0n) is 7.38. The van der Waals surface area contributed by atoms with E-state index < -0.39 is 18.6 Å². The van der Waals surface area contributed by atoms with E-state index in [-0.39, 0.29) is 5.56 Å². The van der Waals surface area contributed by atoms with Gasteiger partial charge in [-0.3, -0.25) is 0 Å². The quantitative estimate of drug-likeness (QED) is 0.436. The first-order valence-corrected chi connectivity index (χ1v) is 3.88. The third kappa shape index (κ3) is 4.44. The first-order chi connectivity index (χ1) is 6.99. The van der Waals surface area contributed by atoms with E-state index in [2.05, 4.69) is 9.99 Å². The largest absolute Gasteiger partial charge is 0.425 e. The molecule has 6 heteroatoms. The van der Waals surface area contributed by atoms with Crippen LogP contribution < -0.4 is 0 Å². The average Bonchev–Trinajstić information content (AvgIpc) is 2.13. The molecular formula is C9H6F4NO.